The molecule has 0 saturated carbocycles. The van der Waals surface area contributed by atoms with Gasteiger partial charge in [-0.15, -0.1) is 0 Å². The largest absolute Gasteiger partial charge is 0.496 e. The minimum Gasteiger partial charge on any atom is -0.496 e. The Kier molecular flexibility index (Phi) is 7.49. The van der Waals surface area contributed by atoms with E-state index in [4.69, 9.17) is 4.74 Å². The van der Waals surface area contributed by atoms with Gasteiger partial charge in [-0.2, -0.15) is 0 Å². The molecule has 0 bridgehead atoms. The molecular formula is C23H30F2N4O. The third-order valence-corrected chi connectivity index (χ3v) is 5.51. The van der Waals surface area contributed by atoms with E-state index < -0.39 is 11.6 Å². The highest BCUT2D eigenvalue weighted by Crippen LogP contribution is 2.25. The number of nitrogens with zero attached hydrogens (tertiary/aromatic N) is 2. The molecule has 1 unspecified atom stereocenters. The number of rotatable bonds is 7. The van der Waals surface area contributed by atoms with Crippen LogP contribution in [0.2, 0.25) is 0 Å². The Balaban J connectivity index is 1.43. The second-order valence-corrected chi connectivity index (χ2v) is 7.63. The molecule has 0 spiro atoms. The van der Waals surface area contributed by atoms with Crippen LogP contribution in [-0.4, -0.2) is 46.3 Å². The molecule has 0 radical (unpaired) electrons. The van der Waals surface area contributed by atoms with Gasteiger partial charge in [0.2, 0.25) is 0 Å². The van der Waals surface area contributed by atoms with Gasteiger partial charge in [0.25, 0.3) is 0 Å². The van der Waals surface area contributed by atoms with Crippen LogP contribution in [0.15, 0.2) is 41.4 Å². The van der Waals surface area contributed by atoms with Crippen LogP contribution in [0.25, 0.3) is 0 Å². The highest BCUT2D eigenvalue weighted by molar-refractivity contribution is 5.79. The van der Waals surface area contributed by atoms with Crippen molar-refractivity contribution in [3.8, 4) is 5.75 Å². The molecule has 7 heteroatoms. The topological polar surface area (TPSA) is 48.9 Å². The molecule has 2 N–H and O–H groups in total. The third-order valence-electron chi connectivity index (χ3n) is 5.51. The van der Waals surface area contributed by atoms with Crippen LogP contribution in [0.1, 0.15) is 17.5 Å². The van der Waals surface area contributed by atoms with Gasteiger partial charge in [0.1, 0.15) is 5.75 Å². The average molecular weight is 417 g/mol. The Bertz CT molecular complexity index is 888. The molecule has 2 aromatic rings. The number of anilines is 1. The van der Waals surface area contributed by atoms with Crippen molar-refractivity contribution < 1.29 is 13.5 Å². The van der Waals surface area contributed by atoms with Crippen LogP contribution in [0.4, 0.5) is 14.5 Å². The van der Waals surface area contributed by atoms with Crippen LogP contribution >= 0.6 is 0 Å². The second-order valence-electron chi connectivity index (χ2n) is 7.63. The lowest BCUT2D eigenvalue weighted by Gasteiger charge is -2.19. The third kappa shape index (κ3) is 5.62. The predicted molar refractivity (Wildman–Crippen MR) is 117 cm³/mol. The standard InChI is InChI=1S/C23H30F2N4O/c1-16-4-5-17(12-22(16)30-3)8-10-27-23(26-2)28-14-18-9-11-29(15-18)19-6-7-20(24)21(25)13-19/h4-7,12-13,18H,8-11,14-15H2,1-3H3,(H2,26,27,28). The number of hydrogen-bond donors (Lipinski definition) is 2. The summed E-state index contributed by atoms with van der Waals surface area (Å²) in [6.45, 7) is 5.20. The van der Waals surface area contributed by atoms with Crippen molar-refractivity contribution in [1.82, 2.24) is 10.6 Å². The van der Waals surface area contributed by atoms with Gasteiger partial charge in [-0.3, -0.25) is 4.99 Å². The summed E-state index contributed by atoms with van der Waals surface area (Å²) >= 11 is 0. The summed E-state index contributed by atoms with van der Waals surface area (Å²) < 4.78 is 32.0. The molecule has 1 heterocycles. The Morgan fingerprint density at radius 1 is 1.17 bits per heavy atom. The number of aryl methyl sites for hydroxylation is 1. The first-order valence-electron chi connectivity index (χ1n) is 10.3. The van der Waals surface area contributed by atoms with E-state index in [0.29, 0.717) is 5.92 Å². The van der Waals surface area contributed by atoms with E-state index in [-0.39, 0.29) is 0 Å². The number of halogens is 2. The van der Waals surface area contributed by atoms with Crippen molar-refractivity contribution in [1.29, 1.82) is 0 Å². The molecule has 1 aliphatic rings. The molecule has 3 rings (SSSR count). The quantitative estimate of drug-likeness (QED) is 0.536. The van der Waals surface area contributed by atoms with Crippen LogP contribution in [0.3, 0.4) is 0 Å². The summed E-state index contributed by atoms with van der Waals surface area (Å²) in [5, 5.41) is 6.72. The number of guanidine groups is 1. The van der Waals surface area contributed by atoms with Gasteiger partial charge in [0, 0.05) is 45.0 Å². The Morgan fingerprint density at radius 3 is 2.73 bits per heavy atom. The zero-order chi connectivity index (χ0) is 21.5. The fourth-order valence-corrected chi connectivity index (χ4v) is 3.72. The summed E-state index contributed by atoms with van der Waals surface area (Å²) in [5.41, 5.74) is 3.06. The first-order chi connectivity index (χ1) is 14.5. The number of benzene rings is 2. The number of nitrogens with one attached hydrogen (secondary N) is 2. The smallest absolute Gasteiger partial charge is 0.190 e. The van der Waals surface area contributed by atoms with E-state index >= 15 is 0 Å². The van der Waals surface area contributed by atoms with E-state index in [1.165, 1.54) is 17.7 Å². The van der Waals surface area contributed by atoms with Gasteiger partial charge in [-0.25, -0.2) is 8.78 Å². The minimum absolute atomic E-state index is 0.415. The van der Waals surface area contributed by atoms with Crippen molar-refractivity contribution in [2.75, 3.05) is 45.2 Å². The van der Waals surface area contributed by atoms with E-state index in [9.17, 15) is 8.78 Å². The van der Waals surface area contributed by atoms with E-state index in [2.05, 4.69) is 38.7 Å². The van der Waals surface area contributed by atoms with Crippen molar-refractivity contribution in [2.45, 2.75) is 19.8 Å². The zero-order valence-corrected chi connectivity index (χ0v) is 17.8. The minimum atomic E-state index is -0.810. The number of aliphatic imine (C=N–C) groups is 1. The summed E-state index contributed by atoms with van der Waals surface area (Å²) in [6, 6.07) is 10.3. The first kappa shape index (κ1) is 21.9. The van der Waals surface area contributed by atoms with Gasteiger partial charge >= 0.3 is 0 Å². The maximum absolute atomic E-state index is 13.5. The number of hydrogen-bond acceptors (Lipinski definition) is 3. The summed E-state index contributed by atoms with van der Waals surface area (Å²) in [4.78, 5) is 6.38. The Morgan fingerprint density at radius 2 is 2.00 bits per heavy atom. The van der Waals surface area contributed by atoms with Gasteiger partial charge in [-0.05, 0) is 55.0 Å². The van der Waals surface area contributed by atoms with Gasteiger partial charge in [-0.1, -0.05) is 12.1 Å². The van der Waals surface area contributed by atoms with Crippen molar-refractivity contribution in [2.24, 2.45) is 10.9 Å². The Hall–Kier alpha value is -2.83. The highest BCUT2D eigenvalue weighted by Gasteiger charge is 2.23. The maximum atomic E-state index is 13.5. The lowest BCUT2D eigenvalue weighted by Crippen LogP contribution is -2.41. The fraction of sp³-hybridized carbons (Fsp3) is 0.435. The monoisotopic (exact) mass is 416 g/mol. The molecule has 30 heavy (non-hydrogen) atoms. The predicted octanol–water partition coefficient (Wildman–Crippen LogP) is 3.52. The molecule has 1 atom stereocenters. The normalized spacial score (nSPS) is 16.6. The number of ether oxygens (including phenoxy) is 1. The summed E-state index contributed by atoms with van der Waals surface area (Å²) in [5.74, 6) is 0.472. The average Bonchev–Trinajstić information content (AvgIpc) is 3.22. The van der Waals surface area contributed by atoms with E-state index in [1.54, 1.807) is 20.2 Å². The first-order valence-corrected chi connectivity index (χ1v) is 10.3. The van der Waals surface area contributed by atoms with Gasteiger partial charge < -0.3 is 20.3 Å². The van der Waals surface area contributed by atoms with Crippen molar-refractivity contribution in [3.63, 3.8) is 0 Å². The molecule has 0 amide bonds. The summed E-state index contributed by atoms with van der Waals surface area (Å²) in [6.07, 6.45) is 1.86. The summed E-state index contributed by atoms with van der Waals surface area (Å²) in [7, 11) is 3.44. The van der Waals surface area contributed by atoms with Crippen LogP contribution in [-0.2, 0) is 6.42 Å². The maximum Gasteiger partial charge on any atom is 0.190 e. The van der Waals surface area contributed by atoms with Crippen LogP contribution in [0, 0.1) is 24.5 Å². The second kappa shape index (κ2) is 10.3. The lowest BCUT2D eigenvalue weighted by molar-refractivity contribution is 0.411. The van der Waals surface area contributed by atoms with E-state index in [1.807, 2.05) is 6.92 Å². The van der Waals surface area contributed by atoms with E-state index in [0.717, 1.165) is 62.0 Å². The van der Waals surface area contributed by atoms with Crippen molar-refractivity contribution >= 4 is 11.6 Å². The number of methoxy groups -OCH3 is 1. The molecule has 162 valence electrons. The molecule has 1 fully saturated rings. The molecule has 0 aromatic heterocycles. The lowest BCUT2D eigenvalue weighted by atomic mass is 10.1. The highest BCUT2D eigenvalue weighted by atomic mass is 19.2. The zero-order valence-electron chi connectivity index (χ0n) is 17.8. The molecule has 0 aliphatic carbocycles. The molecule has 5 nitrogen and oxygen atoms in total. The Labute approximate surface area is 177 Å². The fourth-order valence-electron chi connectivity index (χ4n) is 3.72. The van der Waals surface area contributed by atoms with Gasteiger partial charge in [0.05, 0.1) is 7.11 Å². The molecule has 1 saturated heterocycles. The van der Waals surface area contributed by atoms with Crippen molar-refractivity contribution in [3.05, 3.63) is 59.2 Å². The van der Waals surface area contributed by atoms with Crippen LogP contribution in [0.5, 0.6) is 5.75 Å². The van der Waals surface area contributed by atoms with Crippen LogP contribution < -0.4 is 20.3 Å². The molecular weight excluding hydrogens is 386 g/mol. The molecule has 1 aliphatic heterocycles. The van der Waals surface area contributed by atoms with Gasteiger partial charge in [0.15, 0.2) is 17.6 Å². The SMILES string of the molecule is CN=C(NCCc1ccc(C)c(OC)c1)NCC1CCN(c2ccc(F)c(F)c2)C1. The molecule has 2 aromatic carbocycles.